The van der Waals surface area contributed by atoms with Crippen molar-refractivity contribution in [3.63, 3.8) is 0 Å². The van der Waals surface area contributed by atoms with Crippen molar-refractivity contribution in [3.8, 4) is 0 Å². The Morgan fingerprint density at radius 2 is 1.26 bits per heavy atom. The molecule has 0 aromatic heterocycles. The number of nitrogens with one attached hydrogen (secondary N) is 3. The second kappa shape index (κ2) is 12.2. The zero-order valence-corrected chi connectivity index (χ0v) is 16.3. The van der Waals surface area contributed by atoms with Crippen LogP contribution in [0.1, 0.15) is 40.5 Å². The molecule has 0 rings (SSSR count). The van der Waals surface area contributed by atoms with Gasteiger partial charge < -0.3 is 31.9 Å². The van der Waals surface area contributed by atoms with E-state index in [1.807, 2.05) is 27.7 Å². The first-order valence-electron chi connectivity index (χ1n) is 8.95. The molecule has 3 atom stereocenters. The first-order chi connectivity index (χ1) is 12.5. The van der Waals surface area contributed by atoms with E-state index < -0.39 is 48.4 Å². The maximum absolute atomic E-state index is 12.4. The molecule has 0 aliphatic heterocycles. The highest BCUT2D eigenvalue weighted by Gasteiger charge is 2.29. The Labute approximate surface area is 159 Å². The van der Waals surface area contributed by atoms with Gasteiger partial charge in [0.1, 0.15) is 18.1 Å². The number of rotatable bonds is 12. The topological polar surface area (TPSA) is 171 Å². The molecule has 3 unspecified atom stereocenters. The summed E-state index contributed by atoms with van der Waals surface area (Å²) in [5, 5.41) is 25.8. The van der Waals surface area contributed by atoms with E-state index in [4.69, 9.17) is 5.73 Å². The second-order valence-electron chi connectivity index (χ2n) is 7.23. The van der Waals surface area contributed by atoms with Gasteiger partial charge in [0.15, 0.2) is 0 Å². The van der Waals surface area contributed by atoms with Gasteiger partial charge in [-0.25, -0.2) is 4.79 Å². The number of hydrogen-bond acceptors (Lipinski definition) is 6. The fourth-order valence-corrected chi connectivity index (χ4v) is 2.39. The average Bonchev–Trinajstić information content (AvgIpc) is 2.56. The molecule has 0 radical (unpaired) electrons. The largest absolute Gasteiger partial charge is 0.480 e. The molecular formula is C17H32N4O6. The number of nitrogens with two attached hydrogens (primary N) is 1. The summed E-state index contributed by atoms with van der Waals surface area (Å²) in [5.41, 5.74) is 5.25. The number of carbonyl (C=O) groups excluding carboxylic acids is 3. The number of hydrogen-bond donors (Lipinski definition) is 6. The second-order valence-corrected chi connectivity index (χ2v) is 7.23. The Kier molecular flexibility index (Phi) is 11.2. The molecule has 0 heterocycles. The predicted molar refractivity (Wildman–Crippen MR) is 98.5 cm³/mol. The van der Waals surface area contributed by atoms with Crippen LogP contribution in [0.5, 0.6) is 0 Å². The SMILES string of the molecule is CC(C)CC(NC(=O)C(CO)NC(=O)C(CC(C)C)NC(=O)CN)C(=O)O. The van der Waals surface area contributed by atoms with Gasteiger partial charge in [-0.3, -0.25) is 14.4 Å². The lowest BCUT2D eigenvalue weighted by Crippen LogP contribution is -2.57. The van der Waals surface area contributed by atoms with E-state index in [1.54, 1.807) is 0 Å². The van der Waals surface area contributed by atoms with E-state index in [0.717, 1.165) is 0 Å². The van der Waals surface area contributed by atoms with Crippen LogP contribution in [0.15, 0.2) is 0 Å². The fraction of sp³-hybridized carbons (Fsp3) is 0.765. The molecule has 27 heavy (non-hydrogen) atoms. The molecular weight excluding hydrogens is 356 g/mol. The molecule has 10 heteroatoms. The minimum atomic E-state index is -1.34. The summed E-state index contributed by atoms with van der Waals surface area (Å²) in [6.45, 7) is 6.32. The molecule has 0 bridgehead atoms. The van der Waals surface area contributed by atoms with Crippen molar-refractivity contribution in [2.75, 3.05) is 13.2 Å². The van der Waals surface area contributed by atoms with Crippen LogP contribution in [0.3, 0.4) is 0 Å². The van der Waals surface area contributed by atoms with Gasteiger partial charge >= 0.3 is 5.97 Å². The minimum absolute atomic E-state index is 0.0236. The predicted octanol–water partition coefficient (Wildman–Crippen LogP) is -1.43. The molecule has 0 aliphatic carbocycles. The van der Waals surface area contributed by atoms with Crippen molar-refractivity contribution in [1.82, 2.24) is 16.0 Å². The Bertz CT molecular complexity index is 524. The molecule has 7 N–H and O–H groups in total. The number of aliphatic hydroxyl groups is 1. The number of carboxylic acids is 1. The van der Waals surface area contributed by atoms with Gasteiger partial charge in [0.05, 0.1) is 13.2 Å². The van der Waals surface area contributed by atoms with Crippen LogP contribution >= 0.6 is 0 Å². The lowest BCUT2D eigenvalue weighted by molar-refractivity contribution is -0.143. The molecule has 3 amide bonds. The highest BCUT2D eigenvalue weighted by Crippen LogP contribution is 2.07. The van der Waals surface area contributed by atoms with Crippen LogP contribution in [-0.2, 0) is 19.2 Å². The lowest BCUT2D eigenvalue weighted by atomic mass is 10.0. The maximum Gasteiger partial charge on any atom is 0.326 e. The Balaban J connectivity index is 5.07. The standard InChI is InChI=1S/C17H32N4O6/c1-9(2)5-11(19-14(23)7-18)15(24)21-13(8-22)16(25)20-12(17(26)27)6-10(3)4/h9-13,22H,5-8,18H2,1-4H3,(H,19,23)(H,20,25)(H,21,24)(H,26,27). The molecule has 0 saturated heterocycles. The number of carboxylic acid groups (broad SMARTS) is 1. The summed E-state index contributed by atoms with van der Waals surface area (Å²) in [5.74, 6) is -3.10. The summed E-state index contributed by atoms with van der Waals surface area (Å²) in [6.07, 6.45) is 0.512. The van der Waals surface area contributed by atoms with E-state index in [2.05, 4.69) is 16.0 Å². The summed E-state index contributed by atoms with van der Waals surface area (Å²) < 4.78 is 0. The Hall–Kier alpha value is -2.20. The smallest absolute Gasteiger partial charge is 0.326 e. The van der Waals surface area contributed by atoms with Crippen molar-refractivity contribution >= 4 is 23.7 Å². The third-order valence-electron chi connectivity index (χ3n) is 3.68. The van der Waals surface area contributed by atoms with E-state index in [-0.39, 0.29) is 24.8 Å². The van der Waals surface area contributed by atoms with Crippen molar-refractivity contribution in [2.45, 2.75) is 58.7 Å². The van der Waals surface area contributed by atoms with Crippen LogP contribution in [0.4, 0.5) is 0 Å². The summed E-state index contributed by atoms with van der Waals surface area (Å²) in [7, 11) is 0. The van der Waals surface area contributed by atoms with Gasteiger partial charge in [-0.2, -0.15) is 0 Å². The van der Waals surface area contributed by atoms with Crippen molar-refractivity contribution in [1.29, 1.82) is 0 Å². The fourth-order valence-electron chi connectivity index (χ4n) is 2.39. The van der Waals surface area contributed by atoms with Crippen LogP contribution in [0.25, 0.3) is 0 Å². The van der Waals surface area contributed by atoms with Crippen molar-refractivity contribution in [3.05, 3.63) is 0 Å². The van der Waals surface area contributed by atoms with Crippen LogP contribution in [-0.4, -0.2) is 65.2 Å². The highest BCUT2D eigenvalue weighted by molar-refractivity contribution is 5.93. The summed E-state index contributed by atoms with van der Waals surface area (Å²) in [6, 6.07) is -3.39. The van der Waals surface area contributed by atoms with Gasteiger partial charge in [-0.15, -0.1) is 0 Å². The van der Waals surface area contributed by atoms with Gasteiger partial charge in [0, 0.05) is 0 Å². The minimum Gasteiger partial charge on any atom is -0.480 e. The Morgan fingerprint density at radius 3 is 1.67 bits per heavy atom. The van der Waals surface area contributed by atoms with E-state index >= 15 is 0 Å². The van der Waals surface area contributed by atoms with Crippen LogP contribution in [0, 0.1) is 11.8 Å². The van der Waals surface area contributed by atoms with Crippen LogP contribution in [0.2, 0.25) is 0 Å². The van der Waals surface area contributed by atoms with E-state index in [9.17, 15) is 29.4 Å². The third kappa shape index (κ3) is 9.90. The van der Waals surface area contributed by atoms with Crippen LogP contribution < -0.4 is 21.7 Å². The normalized spacial score (nSPS) is 14.4. The zero-order valence-electron chi connectivity index (χ0n) is 16.3. The molecule has 0 saturated carbocycles. The number of amides is 3. The lowest BCUT2D eigenvalue weighted by Gasteiger charge is -2.24. The first-order valence-corrected chi connectivity index (χ1v) is 8.95. The summed E-state index contributed by atoms with van der Waals surface area (Å²) in [4.78, 5) is 47.5. The molecule has 0 aromatic rings. The molecule has 0 spiro atoms. The molecule has 156 valence electrons. The Morgan fingerprint density at radius 1 is 0.815 bits per heavy atom. The average molecular weight is 388 g/mol. The van der Waals surface area contributed by atoms with E-state index in [1.165, 1.54) is 0 Å². The quantitative estimate of drug-likeness (QED) is 0.238. The van der Waals surface area contributed by atoms with Crippen molar-refractivity contribution in [2.24, 2.45) is 17.6 Å². The molecule has 10 nitrogen and oxygen atoms in total. The van der Waals surface area contributed by atoms with E-state index in [0.29, 0.717) is 6.42 Å². The van der Waals surface area contributed by atoms with Gasteiger partial charge in [0.2, 0.25) is 17.7 Å². The zero-order chi connectivity index (χ0) is 21.1. The highest BCUT2D eigenvalue weighted by atomic mass is 16.4. The number of aliphatic carboxylic acids is 1. The molecule has 0 aliphatic rings. The van der Waals surface area contributed by atoms with Gasteiger partial charge in [-0.05, 0) is 24.7 Å². The van der Waals surface area contributed by atoms with Crippen molar-refractivity contribution < 1.29 is 29.4 Å². The number of aliphatic hydroxyl groups excluding tert-OH is 1. The van der Waals surface area contributed by atoms with Gasteiger partial charge in [-0.1, -0.05) is 27.7 Å². The first kappa shape index (κ1) is 24.8. The molecule has 0 fully saturated rings. The summed E-state index contributed by atoms with van der Waals surface area (Å²) >= 11 is 0. The monoisotopic (exact) mass is 388 g/mol. The third-order valence-corrected chi connectivity index (χ3v) is 3.68. The maximum atomic E-state index is 12.4. The number of carbonyl (C=O) groups is 4. The molecule has 0 aromatic carbocycles. The van der Waals surface area contributed by atoms with Gasteiger partial charge in [0.25, 0.3) is 0 Å².